The van der Waals surface area contributed by atoms with Gasteiger partial charge in [-0.25, -0.2) is 9.67 Å². The Labute approximate surface area is 146 Å². The maximum Gasteiger partial charge on any atom is 0.252 e. The molecule has 1 amide bonds. The number of rotatable bonds is 7. The molecule has 1 unspecified atom stereocenters. The fourth-order valence-corrected chi connectivity index (χ4v) is 2.63. The molecule has 0 aliphatic heterocycles. The maximum atomic E-state index is 12.2. The molecule has 0 aliphatic rings. The van der Waals surface area contributed by atoms with Crippen LogP contribution >= 0.6 is 0 Å². The number of amides is 1. The molecule has 3 aromatic rings. The average molecular weight is 338 g/mol. The first-order chi connectivity index (χ1) is 12.2. The molecule has 0 saturated heterocycles. The summed E-state index contributed by atoms with van der Waals surface area (Å²) in [6.07, 6.45) is 4.15. The van der Waals surface area contributed by atoms with E-state index in [9.17, 15) is 9.90 Å². The molecule has 3 rings (SSSR count). The number of nitrogens with zero attached hydrogens (tertiary/aromatic N) is 3. The highest BCUT2D eigenvalue weighted by Gasteiger charge is 2.11. The fraction of sp³-hybridized carbons (Fsp3) is 0.316. The molecule has 0 bridgehead atoms. The van der Waals surface area contributed by atoms with E-state index < -0.39 is 0 Å². The predicted octanol–water partition coefficient (Wildman–Crippen LogP) is 2.37. The van der Waals surface area contributed by atoms with Crippen LogP contribution in [-0.4, -0.2) is 38.4 Å². The molecule has 0 radical (unpaired) electrons. The van der Waals surface area contributed by atoms with Gasteiger partial charge >= 0.3 is 0 Å². The minimum Gasteiger partial charge on any atom is -0.393 e. The van der Waals surface area contributed by atoms with Gasteiger partial charge in [-0.2, -0.15) is 5.10 Å². The van der Waals surface area contributed by atoms with Gasteiger partial charge in [0.15, 0.2) is 5.65 Å². The molecule has 0 aliphatic carbocycles. The van der Waals surface area contributed by atoms with Crippen LogP contribution < -0.4 is 5.32 Å². The monoisotopic (exact) mass is 338 g/mol. The largest absolute Gasteiger partial charge is 0.393 e. The molecule has 0 spiro atoms. The molecule has 2 N–H and O–H groups in total. The van der Waals surface area contributed by atoms with E-state index in [2.05, 4.69) is 15.4 Å². The maximum absolute atomic E-state index is 12.2. The Kier molecular flexibility index (Phi) is 5.40. The van der Waals surface area contributed by atoms with Gasteiger partial charge in [0.2, 0.25) is 0 Å². The van der Waals surface area contributed by atoms with E-state index in [1.54, 1.807) is 18.5 Å². The molecule has 2 aromatic heterocycles. The number of hydrogen-bond acceptors (Lipinski definition) is 4. The van der Waals surface area contributed by atoms with E-state index in [1.165, 1.54) is 0 Å². The summed E-state index contributed by atoms with van der Waals surface area (Å²) in [6, 6.07) is 11.8. The van der Waals surface area contributed by atoms with Crippen LogP contribution in [0.15, 0.2) is 48.8 Å². The number of hydrogen-bond donors (Lipinski definition) is 2. The Hall–Kier alpha value is -2.73. The lowest BCUT2D eigenvalue weighted by atomic mass is 10.2. The topological polar surface area (TPSA) is 80.0 Å². The third kappa shape index (κ3) is 4.22. The fourth-order valence-electron chi connectivity index (χ4n) is 2.63. The van der Waals surface area contributed by atoms with Crippen molar-refractivity contribution < 1.29 is 9.90 Å². The summed E-state index contributed by atoms with van der Waals surface area (Å²) in [4.78, 5) is 16.6. The summed E-state index contributed by atoms with van der Waals surface area (Å²) in [7, 11) is 0. The first-order valence-corrected chi connectivity index (χ1v) is 8.49. The number of aliphatic hydroxyl groups excluding tert-OH is 1. The van der Waals surface area contributed by atoms with E-state index >= 15 is 0 Å². The number of pyridine rings is 1. The predicted molar refractivity (Wildman–Crippen MR) is 96.3 cm³/mol. The van der Waals surface area contributed by atoms with Gasteiger partial charge in [-0.05, 0) is 24.5 Å². The molecular formula is C19H22N4O2. The van der Waals surface area contributed by atoms with Gasteiger partial charge < -0.3 is 10.4 Å². The highest BCUT2D eigenvalue weighted by molar-refractivity contribution is 5.96. The third-order valence-electron chi connectivity index (χ3n) is 4.15. The standard InChI is InChI=1S/C19H22N4O2/c1-2-17(24)8-9-20-19(25)16-10-15-12-22-23(18(15)21-11-16)13-14-6-4-3-5-7-14/h3-7,10-12,17,24H,2,8-9,13H2,1H3,(H,20,25). The molecule has 6 nitrogen and oxygen atoms in total. The highest BCUT2D eigenvalue weighted by atomic mass is 16.3. The van der Waals surface area contributed by atoms with Crippen molar-refractivity contribution in [3.63, 3.8) is 0 Å². The molecule has 130 valence electrons. The molecule has 1 aromatic carbocycles. The van der Waals surface area contributed by atoms with Crippen LogP contribution in [0.25, 0.3) is 11.0 Å². The number of aromatic nitrogens is 3. The summed E-state index contributed by atoms with van der Waals surface area (Å²) in [6.45, 7) is 2.99. The zero-order valence-corrected chi connectivity index (χ0v) is 14.2. The van der Waals surface area contributed by atoms with E-state index in [4.69, 9.17) is 0 Å². The van der Waals surface area contributed by atoms with Crippen LogP contribution in [0.4, 0.5) is 0 Å². The molecule has 0 saturated carbocycles. The summed E-state index contributed by atoms with van der Waals surface area (Å²) in [5.41, 5.74) is 2.39. The minimum atomic E-state index is -0.378. The van der Waals surface area contributed by atoms with Crippen LogP contribution in [0.1, 0.15) is 35.7 Å². The lowest BCUT2D eigenvalue weighted by Crippen LogP contribution is -2.27. The Morgan fingerprint density at radius 3 is 2.84 bits per heavy atom. The van der Waals surface area contributed by atoms with Crippen LogP contribution in [0.2, 0.25) is 0 Å². The highest BCUT2D eigenvalue weighted by Crippen LogP contribution is 2.14. The average Bonchev–Trinajstić information content (AvgIpc) is 3.04. The quantitative estimate of drug-likeness (QED) is 0.693. The molecule has 1 atom stereocenters. The Bertz CT molecular complexity index is 845. The zero-order chi connectivity index (χ0) is 17.6. The summed E-state index contributed by atoms with van der Waals surface area (Å²) < 4.78 is 1.82. The van der Waals surface area contributed by atoms with Gasteiger partial charge in [0.05, 0.1) is 24.4 Å². The van der Waals surface area contributed by atoms with Crippen LogP contribution in [0.5, 0.6) is 0 Å². The van der Waals surface area contributed by atoms with E-state index in [0.717, 1.165) is 16.6 Å². The van der Waals surface area contributed by atoms with Crippen molar-refractivity contribution in [2.45, 2.75) is 32.4 Å². The molecule has 0 fully saturated rings. The third-order valence-corrected chi connectivity index (χ3v) is 4.15. The molecule has 25 heavy (non-hydrogen) atoms. The first kappa shape index (κ1) is 17.1. The molecular weight excluding hydrogens is 316 g/mol. The van der Waals surface area contributed by atoms with Crippen LogP contribution in [0, 0.1) is 0 Å². The molecule has 2 heterocycles. The van der Waals surface area contributed by atoms with E-state index in [1.807, 2.05) is 41.9 Å². The zero-order valence-electron chi connectivity index (χ0n) is 14.2. The van der Waals surface area contributed by atoms with Crippen molar-refractivity contribution in [2.75, 3.05) is 6.54 Å². The van der Waals surface area contributed by atoms with Gasteiger partial charge in [0.25, 0.3) is 5.91 Å². The Balaban J connectivity index is 1.70. The number of carbonyl (C=O) groups is 1. The minimum absolute atomic E-state index is 0.187. The molecule has 6 heteroatoms. The number of carbonyl (C=O) groups excluding carboxylic acids is 1. The second-order valence-corrected chi connectivity index (χ2v) is 6.03. The number of aliphatic hydroxyl groups is 1. The van der Waals surface area contributed by atoms with Crippen molar-refractivity contribution in [3.8, 4) is 0 Å². The van der Waals surface area contributed by atoms with Gasteiger partial charge in [-0.3, -0.25) is 4.79 Å². The lowest BCUT2D eigenvalue weighted by Gasteiger charge is -2.09. The Morgan fingerprint density at radius 2 is 2.08 bits per heavy atom. The summed E-state index contributed by atoms with van der Waals surface area (Å²) in [5, 5.41) is 17.5. The van der Waals surface area contributed by atoms with Crippen molar-refractivity contribution in [1.82, 2.24) is 20.1 Å². The van der Waals surface area contributed by atoms with Crippen LogP contribution in [-0.2, 0) is 6.54 Å². The smallest absolute Gasteiger partial charge is 0.252 e. The Morgan fingerprint density at radius 1 is 1.28 bits per heavy atom. The van der Waals surface area contributed by atoms with E-state index in [0.29, 0.717) is 31.5 Å². The summed E-state index contributed by atoms with van der Waals surface area (Å²) in [5.74, 6) is -0.187. The van der Waals surface area contributed by atoms with Crippen molar-refractivity contribution >= 4 is 16.9 Å². The van der Waals surface area contributed by atoms with Gasteiger partial charge in [0, 0.05) is 18.1 Å². The van der Waals surface area contributed by atoms with Gasteiger partial charge in [0.1, 0.15) is 0 Å². The van der Waals surface area contributed by atoms with Crippen molar-refractivity contribution in [2.24, 2.45) is 0 Å². The van der Waals surface area contributed by atoms with Crippen molar-refractivity contribution in [1.29, 1.82) is 0 Å². The number of fused-ring (bicyclic) bond motifs is 1. The van der Waals surface area contributed by atoms with E-state index in [-0.39, 0.29) is 12.0 Å². The number of nitrogens with one attached hydrogen (secondary N) is 1. The van der Waals surface area contributed by atoms with Crippen LogP contribution in [0.3, 0.4) is 0 Å². The van der Waals surface area contributed by atoms with Crippen molar-refractivity contribution in [3.05, 3.63) is 59.9 Å². The van der Waals surface area contributed by atoms with Gasteiger partial charge in [-0.15, -0.1) is 0 Å². The number of benzene rings is 1. The normalized spacial score (nSPS) is 12.2. The summed E-state index contributed by atoms with van der Waals surface area (Å²) >= 11 is 0. The lowest BCUT2D eigenvalue weighted by molar-refractivity contribution is 0.0942. The first-order valence-electron chi connectivity index (χ1n) is 8.49. The second-order valence-electron chi connectivity index (χ2n) is 6.03. The van der Waals surface area contributed by atoms with Gasteiger partial charge in [-0.1, -0.05) is 37.3 Å². The second kappa shape index (κ2) is 7.90. The SMILES string of the molecule is CCC(O)CCNC(=O)c1cnc2c(cnn2Cc2ccccc2)c1.